The average Bonchev–Trinajstić information content (AvgIpc) is 3.00. The first-order valence-corrected chi connectivity index (χ1v) is 13.4. The van der Waals surface area contributed by atoms with Crippen LogP contribution in [0.25, 0.3) is 11.9 Å². The van der Waals surface area contributed by atoms with Gasteiger partial charge in [-0.15, -0.1) is 0 Å². The van der Waals surface area contributed by atoms with Crippen LogP contribution in [-0.2, 0) is 15.1 Å². The largest absolute Gasteiger partial charge is 0.378 e. The molecule has 3 heterocycles. The topological polar surface area (TPSA) is 105 Å². The molecule has 1 aromatic carbocycles. The zero-order valence-corrected chi connectivity index (χ0v) is 22.6. The van der Waals surface area contributed by atoms with Gasteiger partial charge in [-0.1, -0.05) is 24.8 Å². The Bertz CT molecular complexity index is 1300. The second-order valence-corrected chi connectivity index (χ2v) is 11.3. The zero-order valence-electron chi connectivity index (χ0n) is 21.8. The average molecular weight is 540 g/mol. The first-order valence-electron chi connectivity index (χ1n) is 12.5. The van der Waals surface area contributed by atoms with E-state index in [0.717, 1.165) is 0 Å². The van der Waals surface area contributed by atoms with Gasteiger partial charge in [0.2, 0.25) is 5.91 Å². The summed E-state index contributed by atoms with van der Waals surface area (Å²) < 4.78 is 35.8. The second-order valence-electron chi connectivity index (χ2n) is 10.1. The summed E-state index contributed by atoms with van der Waals surface area (Å²) in [6.45, 7) is 8.59. The van der Waals surface area contributed by atoms with Crippen molar-refractivity contribution in [2.45, 2.75) is 57.0 Å². The lowest BCUT2D eigenvalue weighted by Crippen LogP contribution is -2.55. The van der Waals surface area contributed by atoms with Crippen LogP contribution >= 0.6 is 11.8 Å². The molecule has 2 aromatic rings. The van der Waals surface area contributed by atoms with Gasteiger partial charge in [0.15, 0.2) is 5.17 Å². The summed E-state index contributed by atoms with van der Waals surface area (Å²) in [5.74, 6) is -1.39. The molecule has 0 radical (unpaired) electrons. The van der Waals surface area contributed by atoms with Crippen molar-refractivity contribution in [3.05, 3.63) is 64.7 Å². The number of nitrogens with two attached hydrogens (primary N) is 1. The van der Waals surface area contributed by atoms with Gasteiger partial charge < -0.3 is 15.4 Å². The van der Waals surface area contributed by atoms with E-state index < -0.39 is 22.4 Å². The van der Waals surface area contributed by atoms with E-state index in [4.69, 9.17) is 20.7 Å². The lowest BCUT2D eigenvalue weighted by Gasteiger charge is -2.41. The van der Waals surface area contributed by atoms with Crippen molar-refractivity contribution in [1.82, 2.24) is 9.88 Å². The minimum Gasteiger partial charge on any atom is -0.378 e. The van der Waals surface area contributed by atoms with Crippen LogP contribution in [-0.4, -0.2) is 51.5 Å². The van der Waals surface area contributed by atoms with Gasteiger partial charge in [0.25, 0.3) is 0 Å². The van der Waals surface area contributed by atoms with Crippen molar-refractivity contribution in [1.29, 1.82) is 5.26 Å². The van der Waals surface area contributed by atoms with Crippen LogP contribution in [0.1, 0.15) is 56.5 Å². The fourth-order valence-electron chi connectivity index (χ4n) is 5.03. The molecule has 200 valence electrons. The number of aromatic nitrogens is 1. The summed E-state index contributed by atoms with van der Waals surface area (Å²) >= 11 is 1.20. The van der Waals surface area contributed by atoms with Crippen LogP contribution in [0.15, 0.2) is 41.5 Å². The number of benzene rings is 1. The molecule has 0 bridgehead atoms. The van der Waals surface area contributed by atoms with E-state index in [0.29, 0.717) is 30.8 Å². The molecule has 0 saturated carbocycles. The Balaban J connectivity index is 1.63. The number of amides is 1. The summed E-state index contributed by atoms with van der Waals surface area (Å²) in [7, 11) is 0. The summed E-state index contributed by atoms with van der Waals surface area (Å²) in [6.07, 6.45) is 2.99. The second kappa shape index (κ2) is 11.2. The predicted molar refractivity (Wildman–Crippen MR) is 145 cm³/mol. The van der Waals surface area contributed by atoms with Crippen LogP contribution in [0, 0.1) is 23.1 Å². The Kier molecular flexibility index (Phi) is 8.19. The Morgan fingerprint density at radius 2 is 1.97 bits per heavy atom. The van der Waals surface area contributed by atoms with E-state index in [1.807, 2.05) is 31.7 Å². The summed E-state index contributed by atoms with van der Waals surface area (Å²) in [4.78, 5) is 24.1. The molecule has 1 aromatic heterocycles. The van der Waals surface area contributed by atoms with E-state index in [-0.39, 0.29) is 40.3 Å². The molecule has 4 rings (SSSR count). The highest BCUT2D eigenvalue weighted by molar-refractivity contribution is 8.14. The summed E-state index contributed by atoms with van der Waals surface area (Å²) in [6, 6.07) is 9.03. The van der Waals surface area contributed by atoms with Gasteiger partial charge in [0, 0.05) is 11.8 Å². The van der Waals surface area contributed by atoms with Crippen LogP contribution in [0.3, 0.4) is 0 Å². The van der Waals surface area contributed by atoms with Gasteiger partial charge in [-0.05, 0) is 69.0 Å². The number of rotatable bonds is 4. The number of hydrogen-bond acceptors (Lipinski definition) is 7. The number of nitrogens with zero attached hydrogens (tertiary/aromatic N) is 4. The third-order valence-corrected chi connectivity index (χ3v) is 8.31. The van der Waals surface area contributed by atoms with Crippen LogP contribution in [0.4, 0.5) is 8.78 Å². The van der Waals surface area contributed by atoms with Crippen LogP contribution in [0.5, 0.6) is 0 Å². The fourth-order valence-corrected chi connectivity index (χ4v) is 6.18. The molecule has 1 fully saturated rings. The predicted octanol–water partition coefficient (Wildman–Crippen LogP) is 4.87. The number of halogens is 2. The maximum atomic E-state index is 15.3. The number of nitriles is 1. The third kappa shape index (κ3) is 5.59. The number of morpholine rings is 1. The number of carbonyl (C=O) groups excluding carboxylic acids is 1. The maximum absolute atomic E-state index is 15.3. The monoisotopic (exact) mass is 539 g/mol. The first-order chi connectivity index (χ1) is 18.0. The van der Waals surface area contributed by atoms with Crippen LogP contribution in [0.2, 0.25) is 0 Å². The molecule has 0 aliphatic carbocycles. The molecule has 1 saturated heterocycles. The number of ether oxygens (including phenoxy) is 1. The number of aliphatic imine (C=N–C) groups is 1. The Morgan fingerprint density at radius 3 is 2.61 bits per heavy atom. The van der Waals surface area contributed by atoms with E-state index >= 15 is 4.39 Å². The molecule has 38 heavy (non-hydrogen) atoms. The normalized spacial score (nSPS) is 28.3. The Morgan fingerprint density at radius 1 is 1.26 bits per heavy atom. The molecule has 5 atom stereocenters. The number of amidine groups is 1. The molecule has 10 heteroatoms. The standard InChI is InChI=1S/C28H31F2N5O2S/c1-16-9-25(26(36)35-17(2)14-37-15-18(35)3)38-27(32)34-28(16,4)21-10-19(5-7-22(21)29)11-23(30)24-8-6-20(12-31)13-33-24/h5-8,10-11,13,16-18,25H,9,14-15H2,1-4H3,(H2,32,34)/b23-11-/t16?,17-,18+,25-,28+/m1/s1. The zero-order chi connectivity index (χ0) is 27.6. The van der Waals surface area contributed by atoms with Gasteiger partial charge in [-0.2, -0.15) is 5.26 Å². The molecule has 1 amide bonds. The van der Waals surface area contributed by atoms with Gasteiger partial charge in [0.05, 0.1) is 47.3 Å². The number of carbonyl (C=O) groups is 1. The van der Waals surface area contributed by atoms with Gasteiger partial charge >= 0.3 is 0 Å². The smallest absolute Gasteiger partial charge is 0.236 e. The minimum absolute atomic E-state index is 0.0262. The van der Waals surface area contributed by atoms with Crippen molar-refractivity contribution in [3.8, 4) is 6.07 Å². The van der Waals surface area contributed by atoms with Crippen molar-refractivity contribution in [2.24, 2.45) is 16.6 Å². The number of pyridine rings is 1. The van der Waals surface area contributed by atoms with Crippen molar-refractivity contribution >= 4 is 34.7 Å². The van der Waals surface area contributed by atoms with E-state index in [1.54, 1.807) is 13.0 Å². The highest BCUT2D eigenvalue weighted by atomic mass is 32.2. The lowest BCUT2D eigenvalue weighted by atomic mass is 9.77. The number of thioether (sulfide) groups is 1. The SMILES string of the molecule is CC1C[C@H](C(=O)N2[C@H](C)COC[C@@H]2C)SC(N)=N[C@]1(C)c1cc(/C=C(\F)c2ccc(C#N)cn2)ccc1F. The Labute approximate surface area is 225 Å². The lowest BCUT2D eigenvalue weighted by molar-refractivity contribution is -0.143. The van der Waals surface area contributed by atoms with Crippen molar-refractivity contribution in [2.75, 3.05) is 13.2 Å². The molecular weight excluding hydrogens is 508 g/mol. The van der Waals surface area contributed by atoms with Crippen molar-refractivity contribution < 1.29 is 18.3 Å². The summed E-state index contributed by atoms with van der Waals surface area (Å²) in [5.41, 5.74) is 6.30. The van der Waals surface area contributed by atoms with Crippen LogP contribution < -0.4 is 5.73 Å². The molecule has 0 spiro atoms. The van der Waals surface area contributed by atoms with Crippen molar-refractivity contribution in [3.63, 3.8) is 0 Å². The molecule has 7 nitrogen and oxygen atoms in total. The maximum Gasteiger partial charge on any atom is 0.236 e. The fraction of sp³-hybridized carbons (Fsp3) is 0.429. The summed E-state index contributed by atoms with van der Waals surface area (Å²) in [5, 5.41) is 8.66. The van der Waals surface area contributed by atoms with E-state index in [1.165, 1.54) is 48.3 Å². The minimum atomic E-state index is -1.08. The molecule has 2 aliphatic heterocycles. The van der Waals surface area contributed by atoms with Gasteiger partial charge in [-0.25, -0.2) is 8.78 Å². The van der Waals surface area contributed by atoms with Gasteiger partial charge in [-0.3, -0.25) is 14.8 Å². The van der Waals surface area contributed by atoms with E-state index in [2.05, 4.69) is 4.98 Å². The quantitative estimate of drug-likeness (QED) is 0.595. The van der Waals surface area contributed by atoms with Gasteiger partial charge in [0.1, 0.15) is 17.7 Å². The van der Waals surface area contributed by atoms with E-state index in [9.17, 15) is 9.18 Å². The Hall–Kier alpha value is -3.29. The highest BCUT2D eigenvalue weighted by Gasteiger charge is 2.43. The molecule has 1 unspecified atom stereocenters. The number of hydrogen-bond donors (Lipinski definition) is 1. The molecular formula is C28H31F2N5O2S. The molecule has 2 aliphatic rings. The highest BCUT2D eigenvalue weighted by Crippen LogP contribution is 2.43. The third-order valence-electron chi connectivity index (χ3n) is 7.30. The molecule has 2 N–H and O–H groups in total. The first kappa shape index (κ1) is 27.7.